The highest BCUT2D eigenvalue weighted by Crippen LogP contribution is 2.37. The van der Waals surface area contributed by atoms with Crippen molar-refractivity contribution in [3.05, 3.63) is 95.6 Å². The zero-order valence-corrected chi connectivity index (χ0v) is 17.2. The molecule has 1 unspecified atom stereocenters. The molecule has 1 N–H and O–H groups in total. The summed E-state index contributed by atoms with van der Waals surface area (Å²) in [6, 6.07) is 16.7. The van der Waals surface area contributed by atoms with Crippen molar-refractivity contribution in [2.75, 3.05) is 10.2 Å². The van der Waals surface area contributed by atoms with Gasteiger partial charge in [0, 0.05) is 11.8 Å². The molecule has 2 amide bonds. The maximum absolute atomic E-state index is 13.2. The Kier molecular flexibility index (Phi) is 5.98. The smallest absolute Gasteiger partial charge is 0.268 e. The lowest BCUT2D eigenvalue weighted by atomic mass is 10.1. The van der Waals surface area contributed by atoms with E-state index in [9.17, 15) is 18.4 Å². The van der Waals surface area contributed by atoms with Crippen LogP contribution < -0.4 is 15.0 Å². The van der Waals surface area contributed by atoms with Crippen molar-refractivity contribution in [1.29, 1.82) is 0 Å². The van der Waals surface area contributed by atoms with Crippen LogP contribution in [0, 0.1) is 11.6 Å². The van der Waals surface area contributed by atoms with E-state index in [0.717, 1.165) is 5.56 Å². The van der Waals surface area contributed by atoms with E-state index in [1.54, 1.807) is 60.4 Å². The first kappa shape index (κ1) is 21.2. The summed E-state index contributed by atoms with van der Waals surface area (Å²) in [5.74, 6) is -0.803. The van der Waals surface area contributed by atoms with Crippen LogP contribution in [-0.4, -0.2) is 17.9 Å². The number of benzene rings is 3. The Morgan fingerprint density at radius 3 is 2.38 bits per heavy atom. The topological polar surface area (TPSA) is 58.6 Å². The lowest BCUT2D eigenvalue weighted by molar-refractivity contribution is -0.125. The predicted octanol–water partition coefficient (Wildman–Crippen LogP) is 4.93. The monoisotopic (exact) mass is 434 g/mol. The van der Waals surface area contributed by atoms with E-state index in [1.165, 1.54) is 30.3 Å². The number of anilines is 2. The van der Waals surface area contributed by atoms with Gasteiger partial charge < -0.3 is 15.0 Å². The molecule has 4 rings (SSSR count). The van der Waals surface area contributed by atoms with Crippen LogP contribution in [0.25, 0.3) is 6.08 Å². The van der Waals surface area contributed by atoms with Crippen LogP contribution in [0.1, 0.15) is 18.1 Å². The molecule has 1 aliphatic rings. The number of halogens is 2. The van der Waals surface area contributed by atoms with Crippen molar-refractivity contribution < 1.29 is 23.1 Å². The minimum absolute atomic E-state index is 0.235. The summed E-state index contributed by atoms with van der Waals surface area (Å²) in [5.41, 5.74) is 2.44. The number of carbonyl (C=O) groups is 2. The summed E-state index contributed by atoms with van der Waals surface area (Å²) >= 11 is 0. The van der Waals surface area contributed by atoms with Gasteiger partial charge >= 0.3 is 0 Å². The van der Waals surface area contributed by atoms with Gasteiger partial charge in [0.15, 0.2) is 6.10 Å². The molecule has 32 heavy (non-hydrogen) atoms. The zero-order chi connectivity index (χ0) is 22.7. The Balaban J connectivity index is 1.54. The van der Waals surface area contributed by atoms with E-state index >= 15 is 0 Å². The Morgan fingerprint density at radius 2 is 1.69 bits per heavy atom. The van der Waals surface area contributed by atoms with Gasteiger partial charge in [-0.3, -0.25) is 9.59 Å². The van der Waals surface area contributed by atoms with E-state index in [1.807, 2.05) is 0 Å². The Labute approximate surface area is 183 Å². The number of rotatable bonds is 5. The number of nitrogens with one attached hydrogen (secondary N) is 1. The molecule has 1 heterocycles. The molecule has 0 saturated carbocycles. The molecule has 0 radical (unpaired) electrons. The van der Waals surface area contributed by atoms with Crippen LogP contribution in [0.4, 0.5) is 20.2 Å². The lowest BCUT2D eigenvalue weighted by Gasteiger charge is -2.33. The van der Waals surface area contributed by atoms with Gasteiger partial charge in [0.05, 0.1) is 12.2 Å². The van der Waals surface area contributed by atoms with E-state index in [-0.39, 0.29) is 30.0 Å². The van der Waals surface area contributed by atoms with Gasteiger partial charge in [-0.15, -0.1) is 0 Å². The third-order valence-corrected chi connectivity index (χ3v) is 4.99. The zero-order valence-electron chi connectivity index (χ0n) is 17.2. The standard InChI is InChI=1S/C25H20F2N2O3/c1-16-25(31)29(15-18-4-9-20(27)10-5-18)22-14-21(11-12-23(22)32-16)28-24(30)13-6-17-2-7-19(26)8-3-17/h2-14,16H,15H2,1H3,(H,28,30)/b13-6+. The number of amides is 2. The third-order valence-electron chi connectivity index (χ3n) is 4.99. The van der Waals surface area contributed by atoms with Crippen LogP contribution in [0.15, 0.2) is 72.8 Å². The molecule has 3 aromatic rings. The molecule has 0 aromatic heterocycles. The minimum atomic E-state index is -0.665. The highest BCUT2D eigenvalue weighted by atomic mass is 19.1. The number of ether oxygens (including phenoxy) is 1. The average Bonchev–Trinajstić information content (AvgIpc) is 2.78. The summed E-state index contributed by atoms with van der Waals surface area (Å²) in [6.07, 6.45) is 2.25. The van der Waals surface area contributed by atoms with Gasteiger partial charge in [-0.25, -0.2) is 8.78 Å². The highest BCUT2D eigenvalue weighted by molar-refractivity contribution is 6.04. The van der Waals surface area contributed by atoms with Gasteiger partial charge in [-0.2, -0.15) is 0 Å². The summed E-state index contributed by atoms with van der Waals surface area (Å²) in [5, 5.41) is 2.75. The Bertz CT molecular complexity index is 1170. The van der Waals surface area contributed by atoms with E-state index < -0.39 is 6.10 Å². The van der Waals surface area contributed by atoms with Gasteiger partial charge in [0.25, 0.3) is 5.91 Å². The van der Waals surface area contributed by atoms with Crippen LogP contribution in [0.3, 0.4) is 0 Å². The fourth-order valence-corrected chi connectivity index (χ4v) is 3.35. The molecule has 7 heteroatoms. The van der Waals surface area contributed by atoms with Crippen LogP contribution in [-0.2, 0) is 16.1 Å². The summed E-state index contributed by atoms with van der Waals surface area (Å²) in [7, 11) is 0. The van der Waals surface area contributed by atoms with Crippen LogP contribution in [0.5, 0.6) is 5.75 Å². The third kappa shape index (κ3) is 4.83. The molecule has 5 nitrogen and oxygen atoms in total. The number of nitrogens with zero attached hydrogens (tertiary/aromatic N) is 1. The molecule has 0 fully saturated rings. The molecular weight excluding hydrogens is 414 g/mol. The lowest BCUT2D eigenvalue weighted by Crippen LogP contribution is -2.44. The van der Waals surface area contributed by atoms with Crippen molar-refractivity contribution in [2.45, 2.75) is 19.6 Å². The van der Waals surface area contributed by atoms with Gasteiger partial charge in [-0.1, -0.05) is 24.3 Å². The van der Waals surface area contributed by atoms with Crippen molar-refractivity contribution in [1.82, 2.24) is 0 Å². The second-order valence-electron chi connectivity index (χ2n) is 7.37. The van der Waals surface area contributed by atoms with Gasteiger partial charge in [0.1, 0.15) is 17.4 Å². The molecule has 1 atom stereocenters. The van der Waals surface area contributed by atoms with Crippen molar-refractivity contribution in [2.24, 2.45) is 0 Å². The normalized spacial score (nSPS) is 15.4. The second kappa shape index (κ2) is 9.01. The Morgan fingerprint density at radius 1 is 1.03 bits per heavy atom. The SMILES string of the molecule is CC1Oc2ccc(NC(=O)/C=C/c3ccc(F)cc3)cc2N(Cc2ccc(F)cc2)C1=O. The van der Waals surface area contributed by atoms with Crippen molar-refractivity contribution >= 4 is 29.3 Å². The summed E-state index contributed by atoms with van der Waals surface area (Å²) < 4.78 is 31.9. The average molecular weight is 434 g/mol. The maximum atomic E-state index is 13.2. The molecule has 3 aromatic carbocycles. The molecule has 0 aliphatic carbocycles. The molecule has 0 bridgehead atoms. The quantitative estimate of drug-likeness (QED) is 0.580. The number of hydrogen-bond acceptors (Lipinski definition) is 3. The van der Waals surface area contributed by atoms with Gasteiger partial charge in [0.2, 0.25) is 5.91 Å². The fraction of sp³-hybridized carbons (Fsp3) is 0.120. The molecule has 162 valence electrons. The molecule has 0 spiro atoms. The van der Waals surface area contributed by atoms with Gasteiger partial charge in [-0.05, 0) is 66.6 Å². The number of hydrogen-bond donors (Lipinski definition) is 1. The van der Waals surface area contributed by atoms with E-state index in [2.05, 4.69) is 5.32 Å². The van der Waals surface area contributed by atoms with E-state index in [0.29, 0.717) is 22.7 Å². The largest absolute Gasteiger partial charge is 0.479 e. The van der Waals surface area contributed by atoms with Crippen LogP contribution in [0.2, 0.25) is 0 Å². The number of fused-ring (bicyclic) bond motifs is 1. The van der Waals surface area contributed by atoms with Crippen molar-refractivity contribution in [3.63, 3.8) is 0 Å². The first-order valence-electron chi connectivity index (χ1n) is 10.0. The predicted molar refractivity (Wildman–Crippen MR) is 118 cm³/mol. The molecule has 1 aliphatic heterocycles. The molecule has 0 saturated heterocycles. The van der Waals surface area contributed by atoms with E-state index in [4.69, 9.17) is 4.74 Å². The first-order valence-corrected chi connectivity index (χ1v) is 10.0. The summed E-state index contributed by atoms with van der Waals surface area (Å²) in [4.78, 5) is 26.7. The first-order chi connectivity index (χ1) is 15.4. The van der Waals surface area contributed by atoms with Crippen LogP contribution >= 0.6 is 0 Å². The maximum Gasteiger partial charge on any atom is 0.268 e. The molecular formula is C25H20F2N2O3. The fourth-order valence-electron chi connectivity index (χ4n) is 3.35. The Hall–Kier alpha value is -4.00. The minimum Gasteiger partial charge on any atom is -0.479 e. The number of carbonyl (C=O) groups excluding carboxylic acids is 2. The summed E-state index contributed by atoms with van der Waals surface area (Å²) in [6.45, 7) is 1.90. The highest BCUT2D eigenvalue weighted by Gasteiger charge is 2.31. The van der Waals surface area contributed by atoms with Crippen molar-refractivity contribution in [3.8, 4) is 5.75 Å². The second-order valence-corrected chi connectivity index (χ2v) is 7.37.